The number of rotatable bonds is 2. The molecule has 0 amide bonds. The second-order valence-electron chi connectivity index (χ2n) is 2.61. The molecule has 0 atom stereocenters. The molecule has 0 saturated carbocycles. The van der Waals surface area contributed by atoms with E-state index in [0.29, 0.717) is 6.61 Å². The number of nitrogens with one attached hydrogen (secondary N) is 3. The molecular formula is C7H8N4O3. The summed E-state index contributed by atoms with van der Waals surface area (Å²) >= 11 is 0. The third-order valence-electron chi connectivity index (χ3n) is 1.65. The predicted molar refractivity (Wildman–Crippen MR) is 48.5 cm³/mol. The zero-order chi connectivity index (χ0) is 10.1. The fourth-order valence-corrected chi connectivity index (χ4v) is 1.12. The van der Waals surface area contributed by atoms with Crippen LogP contribution < -0.4 is 16.0 Å². The standard InChI is InChI=1S/C7H8N4O3/c1-2-14-7-8-3-4(10-7)9-6(13)11-5(3)12/h2H2,1H3,(H3,8,9,10,11,12,13). The Labute approximate surface area is 77.1 Å². The number of aromatic nitrogens is 4. The van der Waals surface area contributed by atoms with Crippen LogP contribution in [0, 0.1) is 0 Å². The van der Waals surface area contributed by atoms with Crippen molar-refractivity contribution >= 4 is 11.2 Å². The van der Waals surface area contributed by atoms with Crippen LogP contribution in [0.5, 0.6) is 6.01 Å². The van der Waals surface area contributed by atoms with E-state index in [9.17, 15) is 9.59 Å². The molecule has 74 valence electrons. The summed E-state index contributed by atoms with van der Waals surface area (Å²) in [7, 11) is 0. The van der Waals surface area contributed by atoms with Gasteiger partial charge < -0.3 is 9.72 Å². The summed E-state index contributed by atoms with van der Waals surface area (Å²) in [5.41, 5.74) is -0.700. The lowest BCUT2D eigenvalue weighted by atomic mass is 10.5. The number of H-pyrrole nitrogens is 3. The molecule has 14 heavy (non-hydrogen) atoms. The van der Waals surface area contributed by atoms with E-state index in [1.165, 1.54) is 0 Å². The van der Waals surface area contributed by atoms with E-state index in [4.69, 9.17) is 4.74 Å². The molecule has 0 aliphatic carbocycles. The van der Waals surface area contributed by atoms with Gasteiger partial charge in [0.1, 0.15) is 0 Å². The maximum absolute atomic E-state index is 11.2. The molecule has 7 nitrogen and oxygen atoms in total. The number of imidazole rings is 1. The first-order valence-corrected chi connectivity index (χ1v) is 4.06. The lowest BCUT2D eigenvalue weighted by Gasteiger charge is -1.92. The molecule has 2 aromatic heterocycles. The van der Waals surface area contributed by atoms with Crippen LogP contribution in [0.2, 0.25) is 0 Å². The van der Waals surface area contributed by atoms with Crippen molar-refractivity contribution < 1.29 is 4.74 Å². The van der Waals surface area contributed by atoms with Gasteiger partial charge in [0, 0.05) is 0 Å². The molecule has 0 spiro atoms. The average molecular weight is 196 g/mol. The Balaban J connectivity index is 2.71. The van der Waals surface area contributed by atoms with Crippen molar-refractivity contribution in [1.82, 2.24) is 19.9 Å². The minimum atomic E-state index is -0.586. The molecule has 0 radical (unpaired) electrons. The Morgan fingerprint density at radius 3 is 2.79 bits per heavy atom. The van der Waals surface area contributed by atoms with Crippen molar-refractivity contribution in [3.05, 3.63) is 20.8 Å². The molecule has 7 heteroatoms. The normalized spacial score (nSPS) is 10.6. The highest BCUT2D eigenvalue weighted by atomic mass is 16.5. The molecule has 0 bridgehead atoms. The topological polar surface area (TPSA) is 104 Å². The monoisotopic (exact) mass is 196 g/mol. The van der Waals surface area contributed by atoms with Gasteiger partial charge in [0.05, 0.1) is 6.61 Å². The van der Waals surface area contributed by atoms with Crippen molar-refractivity contribution in [1.29, 1.82) is 0 Å². The number of nitrogens with zero attached hydrogens (tertiary/aromatic N) is 1. The van der Waals surface area contributed by atoms with Crippen LogP contribution in [0.25, 0.3) is 11.2 Å². The van der Waals surface area contributed by atoms with Crippen molar-refractivity contribution in [3.8, 4) is 6.01 Å². The van der Waals surface area contributed by atoms with Gasteiger partial charge in [-0.15, -0.1) is 0 Å². The van der Waals surface area contributed by atoms with Gasteiger partial charge in [-0.05, 0) is 6.92 Å². The van der Waals surface area contributed by atoms with E-state index in [2.05, 4.69) is 19.9 Å². The minimum Gasteiger partial charge on any atom is -0.465 e. The van der Waals surface area contributed by atoms with Gasteiger partial charge in [0.25, 0.3) is 11.6 Å². The number of hydrogen-bond acceptors (Lipinski definition) is 4. The van der Waals surface area contributed by atoms with E-state index in [1.54, 1.807) is 6.92 Å². The van der Waals surface area contributed by atoms with Gasteiger partial charge in [0.2, 0.25) is 0 Å². The predicted octanol–water partition coefficient (Wildman–Crippen LogP) is -0.662. The summed E-state index contributed by atoms with van der Waals surface area (Å²) in [5.74, 6) is 0. The largest absolute Gasteiger partial charge is 0.465 e. The van der Waals surface area contributed by atoms with E-state index in [0.717, 1.165) is 0 Å². The fraction of sp³-hybridized carbons (Fsp3) is 0.286. The SMILES string of the molecule is CCOc1nc2[nH]c(=O)[nH]c(=O)c2[nH]1. The van der Waals surface area contributed by atoms with Gasteiger partial charge in [-0.1, -0.05) is 0 Å². The van der Waals surface area contributed by atoms with Crippen molar-refractivity contribution in [2.75, 3.05) is 6.61 Å². The first-order valence-electron chi connectivity index (χ1n) is 4.06. The van der Waals surface area contributed by atoms with Crippen LogP contribution in [0.3, 0.4) is 0 Å². The molecule has 0 fully saturated rings. The zero-order valence-electron chi connectivity index (χ0n) is 7.38. The van der Waals surface area contributed by atoms with Crippen molar-refractivity contribution in [2.45, 2.75) is 6.92 Å². The molecule has 2 aromatic rings. The van der Waals surface area contributed by atoms with Gasteiger partial charge in [-0.3, -0.25) is 14.8 Å². The van der Waals surface area contributed by atoms with Crippen molar-refractivity contribution in [3.63, 3.8) is 0 Å². The summed E-state index contributed by atoms with van der Waals surface area (Å²) in [5, 5.41) is 0. The van der Waals surface area contributed by atoms with Crippen LogP contribution in [-0.2, 0) is 0 Å². The Kier molecular flexibility index (Phi) is 1.84. The molecule has 0 unspecified atom stereocenters. The third kappa shape index (κ3) is 1.28. The first-order chi connectivity index (χ1) is 6.70. The number of ether oxygens (including phenoxy) is 1. The highest BCUT2D eigenvalue weighted by Crippen LogP contribution is 2.07. The van der Waals surface area contributed by atoms with Crippen molar-refractivity contribution in [2.24, 2.45) is 0 Å². The fourth-order valence-electron chi connectivity index (χ4n) is 1.12. The van der Waals surface area contributed by atoms with Crippen LogP contribution >= 0.6 is 0 Å². The summed E-state index contributed by atoms with van der Waals surface area (Å²) < 4.78 is 5.04. The number of fused-ring (bicyclic) bond motifs is 1. The van der Waals surface area contributed by atoms with Crippen LogP contribution in [0.4, 0.5) is 0 Å². The molecule has 0 aliphatic heterocycles. The van der Waals surface area contributed by atoms with Gasteiger partial charge in [0.15, 0.2) is 11.2 Å². The van der Waals surface area contributed by atoms with E-state index < -0.39 is 11.2 Å². The molecule has 2 rings (SSSR count). The van der Waals surface area contributed by atoms with Crippen LogP contribution in [-0.4, -0.2) is 26.5 Å². The van der Waals surface area contributed by atoms with E-state index in [-0.39, 0.29) is 17.2 Å². The zero-order valence-corrected chi connectivity index (χ0v) is 7.38. The average Bonchev–Trinajstić information content (AvgIpc) is 2.48. The summed E-state index contributed by atoms with van der Waals surface area (Å²) in [6.07, 6.45) is 0. The highest BCUT2D eigenvalue weighted by molar-refractivity contribution is 5.69. The van der Waals surface area contributed by atoms with Crippen LogP contribution in [0.1, 0.15) is 6.92 Å². The Hall–Kier alpha value is -2.05. The summed E-state index contributed by atoms with van der Waals surface area (Å²) in [6, 6.07) is 0.217. The Morgan fingerprint density at radius 2 is 2.07 bits per heavy atom. The van der Waals surface area contributed by atoms with Crippen LogP contribution in [0.15, 0.2) is 9.59 Å². The molecule has 3 N–H and O–H groups in total. The highest BCUT2D eigenvalue weighted by Gasteiger charge is 2.07. The van der Waals surface area contributed by atoms with E-state index in [1.807, 2.05) is 0 Å². The lowest BCUT2D eigenvalue weighted by molar-refractivity contribution is 0.317. The maximum Gasteiger partial charge on any atom is 0.327 e. The summed E-state index contributed by atoms with van der Waals surface area (Å²) in [4.78, 5) is 33.0. The first kappa shape index (κ1) is 8.54. The summed E-state index contributed by atoms with van der Waals surface area (Å²) in [6.45, 7) is 2.22. The number of aromatic amines is 3. The molecule has 0 saturated heterocycles. The molecule has 0 aliphatic rings. The number of hydrogen-bond donors (Lipinski definition) is 3. The smallest absolute Gasteiger partial charge is 0.327 e. The quantitative estimate of drug-likeness (QED) is 0.593. The van der Waals surface area contributed by atoms with E-state index >= 15 is 0 Å². The molecule has 2 heterocycles. The Morgan fingerprint density at radius 1 is 1.29 bits per heavy atom. The lowest BCUT2D eigenvalue weighted by Crippen LogP contribution is -2.21. The maximum atomic E-state index is 11.2. The molecular weight excluding hydrogens is 188 g/mol. The third-order valence-corrected chi connectivity index (χ3v) is 1.65. The second-order valence-corrected chi connectivity index (χ2v) is 2.61. The second kappa shape index (κ2) is 3.02. The minimum absolute atomic E-state index is 0.196. The molecule has 0 aromatic carbocycles. The van der Waals surface area contributed by atoms with Gasteiger partial charge in [-0.2, -0.15) is 4.98 Å². The van der Waals surface area contributed by atoms with Gasteiger partial charge >= 0.3 is 5.69 Å². The Bertz CT molecular complexity index is 564. The van der Waals surface area contributed by atoms with Gasteiger partial charge in [-0.25, -0.2) is 4.79 Å².